The summed E-state index contributed by atoms with van der Waals surface area (Å²) in [5.74, 6) is 0.690. The predicted octanol–water partition coefficient (Wildman–Crippen LogP) is 7.13. The van der Waals surface area contributed by atoms with Gasteiger partial charge in [-0.2, -0.15) is 4.83 Å². The van der Waals surface area contributed by atoms with Crippen LogP contribution in [-0.2, 0) is 15.8 Å². The first kappa shape index (κ1) is 28.0. The van der Waals surface area contributed by atoms with E-state index in [1.54, 1.807) is 0 Å². The molecule has 1 atom stereocenters. The van der Waals surface area contributed by atoms with E-state index in [0.29, 0.717) is 5.75 Å². The van der Waals surface area contributed by atoms with Gasteiger partial charge in [-0.05, 0) is 6.42 Å². The molecule has 1 unspecified atom stereocenters. The first-order valence-corrected chi connectivity index (χ1v) is 13.5. The van der Waals surface area contributed by atoms with Gasteiger partial charge in [-0.25, -0.2) is 4.21 Å². The molecule has 0 aliphatic heterocycles. The minimum atomic E-state index is -1.03. The van der Waals surface area contributed by atoms with E-state index in [0.717, 1.165) is 6.42 Å². The zero-order valence-electron chi connectivity index (χ0n) is 19.1. The van der Waals surface area contributed by atoms with E-state index < -0.39 is 11.0 Å². The van der Waals surface area contributed by atoms with Gasteiger partial charge in [0, 0.05) is 5.75 Å². The zero-order chi connectivity index (χ0) is 20.5. The van der Waals surface area contributed by atoms with Crippen LogP contribution in [0.1, 0.15) is 135 Å². The highest BCUT2D eigenvalue weighted by Gasteiger charge is 1.98. The van der Waals surface area contributed by atoms with Crippen LogP contribution in [0.15, 0.2) is 0 Å². The van der Waals surface area contributed by atoms with Gasteiger partial charge in [0.25, 0.3) is 0 Å². The SMILES string of the molecule is CCCCCCCCCCCCCCCCCCCCCCS(=O)NNOC. The van der Waals surface area contributed by atoms with E-state index in [-0.39, 0.29) is 0 Å². The zero-order valence-corrected chi connectivity index (χ0v) is 19.9. The van der Waals surface area contributed by atoms with Gasteiger partial charge >= 0.3 is 0 Å². The summed E-state index contributed by atoms with van der Waals surface area (Å²) in [6.45, 7) is 2.29. The van der Waals surface area contributed by atoms with Crippen LogP contribution in [0.3, 0.4) is 0 Å². The first-order chi connectivity index (χ1) is 13.8. The molecule has 170 valence electrons. The van der Waals surface area contributed by atoms with Crippen molar-refractivity contribution in [2.24, 2.45) is 0 Å². The second kappa shape index (κ2) is 25.1. The Labute approximate surface area is 178 Å². The van der Waals surface area contributed by atoms with Crippen molar-refractivity contribution in [2.75, 3.05) is 12.9 Å². The van der Waals surface area contributed by atoms with Crippen molar-refractivity contribution in [2.45, 2.75) is 135 Å². The maximum atomic E-state index is 11.5. The Morgan fingerprint density at radius 2 is 0.893 bits per heavy atom. The predicted molar refractivity (Wildman–Crippen MR) is 124 cm³/mol. The highest BCUT2D eigenvalue weighted by Crippen LogP contribution is 2.14. The van der Waals surface area contributed by atoms with E-state index in [2.05, 4.69) is 22.2 Å². The molecule has 0 spiro atoms. The normalized spacial score (nSPS) is 12.5. The fourth-order valence-electron chi connectivity index (χ4n) is 3.63. The summed E-state index contributed by atoms with van der Waals surface area (Å²) in [5, 5.41) is 0. The molecule has 0 aromatic heterocycles. The summed E-state index contributed by atoms with van der Waals surface area (Å²) in [4.78, 5) is 7.20. The Morgan fingerprint density at radius 1 is 0.571 bits per heavy atom. The Morgan fingerprint density at radius 3 is 1.21 bits per heavy atom. The maximum absolute atomic E-state index is 11.5. The van der Waals surface area contributed by atoms with Gasteiger partial charge in [0.1, 0.15) is 11.0 Å². The molecule has 0 heterocycles. The highest BCUT2D eigenvalue weighted by atomic mass is 32.2. The molecule has 0 amide bonds. The molecule has 0 fully saturated rings. The van der Waals surface area contributed by atoms with Crippen LogP contribution in [0.25, 0.3) is 0 Å². The molecule has 0 aliphatic carbocycles. The molecule has 0 aliphatic rings. The second-order valence-electron chi connectivity index (χ2n) is 8.18. The maximum Gasteiger partial charge on any atom is 0.107 e. The molecule has 0 saturated heterocycles. The molecule has 0 bridgehead atoms. The van der Waals surface area contributed by atoms with Crippen molar-refractivity contribution in [3.05, 3.63) is 0 Å². The molecule has 0 aromatic carbocycles. The molecule has 28 heavy (non-hydrogen) atoms. The number of rotatable bonds is 24. The van der Waals surface area contributed by atoms with Crippen LogP contribution in [-0.4, -0.2) is 17.1 Å². The lowest BCUT2D eigenvalue weighted by atomic mass is 10.0. The molecule has 0 rings (SSSR count). The minimum Gasteiger partial charge on any atom is -0.289 e. The van der Waals surface area contributed by atoms with Gasteiger partial charge in [-0.3, -0.25) is 4.84 Å². The fraction of sp³-hybridized carbons (Fsp3) is 1.00. The molecule has 0 radical (unpaired) electrons. The van der Waals surface area contributed by atoms with Crippen LogP contribution in [0, 0.1) is 0 Å². The average Bonchev–Trinajstić information content (AvgIpc) is 2.70. The van der Waals surface area contributed by atoms with Crippen molar-refractivity contribution in [1.82, 2.24) is 10.4 Å². The van der Waals surface area contributed by atoms with Gasteiger partial charge < -0.3 is 0 Å². The topological polar surface area (TPSA) is 50.4 Å². The van der Waals surface area contributed by atoms with Crippen molar-refractivity contribution in [1.29, 1.82) is 0 Å². The Bertz CT molecular complexity index is 317. The van der Waals surface area contributed by atoms with E-state index in [9.17, 15) is 4.21 Å². The van der Waals surface area contributed by atoms with Crippen LogP contribution < -0.4 is 10.4 Å². The van der Waals surface area contributed by atoms with Crippen LogP contribution in [0.5, 0.6) is 0 Å². The second-order valence-corrected chi connectivity index (χ2v) is 9.48. The number of hydrogen-bond donors (Lipinski definition) is 2. The molecule has 2 N–H and O–H groups in total. The van der Waals surface area contributed by atoms with Gasteiger partial charge in [-0.1, -0.05) is 129 Å². The summed E-state index contributed by atoms with van der Waals surface area (Å²) >= 11 is 0. The van der Waals surface area contributed by atoms with Crippen molar-refractivity contribution in [3.63, 3.8) is 0 Å². The first-order valence-electron chi connectivity index (χ1n) is 12.2. The third kappa shape index (κ3) is 24.1. The summed E-state index contributed by atoms with van der Waals surface area (Å²) in [6.07, 6.45) is 27.7. The highest BCUT2D eigenvalue weighted by molar-refractivity contribution is 7.82. The molecular weight excluding hydrogens is 368 g/mol. The molecule has 0 aromatic rings. The molecule has 4 nitrogen and oxygen atoms in total. The third-order valence-corrected chi connectivity index (χ3v) is 6.41. The monoisotopic (exact) mass is 418 g/mol. The van der Waals surface area contributed by atoms with Gasteiger partial charge in [0.15, 0.2) is 0 Å². The lowest BCUT2D eigenvalue weighted by Crippen LogP contribution is -2.33. The summed E-state index contributed by atoms with van der Waals surface area (Å²) in [7, 11) is 0.477. The largest absolute Gasteiger partial charge is 0.289 e. The van der Waals surface area contributed by atoms with Crippen molar-refractivity contribution < 1.29 is 9.05 Å². The number of unbranched alkanes of at least 4 members (excludes halogenated alkanes) is 19. The van der Waals surface area contributed by atoms with Crippen LogP contribution >= 0.6 is 0 Å². The molecule has 0 saturated carbocycles. The van der Waals surface area contributed by atoms with Crippen LogP contribution in [0.2, 0.25) is 0 Å². The fourth-order valence-corrected chi connectivity index (χ4v) is 4.37. The summed E-state index contributed by atoms with van der Waals surface area (Å²) in [5.41, 5.74) is 2.41. The smallest absolute Gasteiger partial charge is 0.107 e. The summed E-state index contributed by atoms with van der Waals surface area (Å²) < 4.78 is 11.5. The van der Waals surface area contributed by atoms with Crippen molar-refractivity contribution in [3.8, 4) is 0 Å². The van der Waals surface area contributed by atoms with E-state index >= 15 is 0 Å². The molecular formula is C23H50N2O2S. The van der Waals surface area contributed by atoms with E-state index in [4.69, 9.17) is 0 Å². The lowest BCUT2D eigenvalue weighted by molar-refractivity contribution is 0.0780. The van der Waals surface area contributed by atoms with Gasteiger partial charge in [-0.15, -0.1) is 5.59 Å². The Balaban J connectivity index is 3.04. The number of hydrazine groups is 1. The summed E-state index contributed by atoms with van der Waals surface area (Å²) in [6, 6.07) is 0. The Kier molecular flexibility index (Phi) is 25.1. The third-order valence-electron chi connectivity index (χ3n) is 5.44. The Hall–Kier alpha value is 0.0300. The van der Waals surface area contributed by atoms with E-state index in [1.807, 2.05) is 0 Å². The van der Waals surface area contributed by atoms with Gasteiger partial charge in [0.05, 0.1) is 7.11 Å². The van der Waals surface area contributed by atoms with Gasteiger partial charge in [0.2, 0.25) is 0 Å². The quantitative estimate of drug-likeness (QED) is 0.129. The standard InChI is InChI=1S/C23H50N2O2S/c1-3-4-5-6-7-8-9-10-11-12-13-14-15-16-17-18-19-20-21-22-23-28(26)25-24-27-2/h24-25H,3-23H2,1-2H3. The number of hydrogen-bond acceptors (Lipinski definition) is 3. The van der Waals surface area contributed by atoms with Crippen LogP contribution in [0.4, 0.5) is 0 Å². The average molecular weight is 419 g/mol. The number of nitrogens with one attached hydrogen (secondary N) is 2. The minimum absolute atomic E-state index is 0.690. The van der Waals surface area contributed by atoms with Crippen molar-refractivity contribution >= 4 is 11.0 Å². The molecule has 5 heteroatoms. The van der Waals surface area contributed by atoms with E-state index in [1.165, 1.54) is 129 Å². The lowest BCUT2D eigenvalue weighted by Gasteiger charge is -2.05.